The van der Waals surface area contributed by atoms with Crippen molar-refractivity contribution < 1.29 is 14.7 Å². The molecule has 4 rings (SSSR count). The lowest BCUT2D eigenvalue weighted by Gasteiger charge is -2.19. The van der Waals surface area contributed by atoms with Crippen LogP contribution in [0.1, 0.15) is 56.6 Å². The van der Waals surface area contributed by atoms with Crippen LogP contribution in [0.4, 0.5) is 11.5 Å². The second-order valence-electron chi connectivity index (χ2n) is 10.6. The van der Waals surface area contributed by atoms with Gasteiger partial charge in [-0.15, -0.1) is 0 Å². The number of allylic oxidation sites excluding steroid dienone is 1. The zero-order valence-corrected chi connectivity index (χ0v) is 21.6. The first-order chi connectivity index (χ1) is 17.8. The summed E-state index contributed by atoms with van der Waals surface area (Å²) in [6.07, 6.45) is 9.46. The molecule has 1 saturated carbocycles. The van der Waals surface area contributed by atoms with Crippen molar-refractivity contribution in [1.29, 1.82) is 5.41 Å². The van der Waals surface area contributed by atoms with Crippen LogP contribution in [0.3, 0.4) is 0 Å². The Kier molecular flexibility index (Phi) is 8.38. The average molecular weight is 504 g/mol. The number of nitrogens with zero attached hydrogens (tertiary/aromatic N) is 2. The van der Waals surface area contributed by atoms with E-state index in [9.17, 15) is 14.7 Å². The Balaban J connectivity index is 1.39. The van der Waals surface area contributed by atoms with Crippen molar-refractivity contribution in [3.63, 3.8) is 0 Å². The molecule has 1 aliphatic heterocycles. The van der Waals surface area contributed by atoms with E-state index in [0.717, 1.165) is 48.9 Å². The number of pyridine rings is 1. The number of aromatic nitrogens is 1. The van der Waals surface area contributed by atoms with Crippen LogP contribution in [0, 0.1) is 17.2 Å². The van der Waals surface area contributed by atoms with Crippen LogP contribution in [0.15, 0.2) is 48.8 Å². The quantitative estimate of drug-likeness (QED) is 0.187. The van der Waals surface area contributed by atoms with Crippen LogP contribution in [-0.4, -0.2) is 53.7 Å². The van der Waals surface area contributed by atoms with Crippen molar-refractivity contribution >= 4 is 35.5 Å². The number of carbonyl (C=O) groups excluding carboxylic acids is 2. The second-order valence-corrected chi connectivity index (χ2v) is 10.6. The van der Waals surface area contributed by atoms with Crippen LogP contribution in [-0.2, 0) is 9.59 Å². The Morgan fingerprint density at radius 3 is 2.78 bits per heavy atom. The van der Waals surface area contributed by atoms with Gasteiger partial charge in [-0.1, -0.05) is 24.3 Å². The minimum absolute atomic E-state index is 0.160. The molecule has 0 bridgehead atoms. The van der Waals surface area contributed by atoms with Gasteiger partial charge in [0, 0.05) is 61.5 Å². The third-order valence-electron chi connectivity index (χ3n) is 7.10. The molecule has 2 heterocycles. The number of anilines is 2. The van der Waals surface area contributed by atoms with Gasteiger partial charge in [-0.25, -0.2) is 4.98 Å². The first kappa shape index (κ1) is 26.5. The van der Waals surface area contributed by atoms with Crippen LogP contribution in [0.2, 0.25) is 0 Å². The molecule has 37 heavy (non-hydrogen) atoms. The molecule has 1 amide bonds. The summed E-state index contributed by atoms with van der Waals surface area (Å²) < 4.78 is 0. The number of amides is 1. The first-order valence-electron chi connectivity index (χ1n) is 13.0. The Morgan fingerprint density at radius 2 is 2.08 bits per heavy atom. The van der Waals surface area contributed by atoms with E-state index in [1.807, 2.05) is 41.3 Å². The molecule has 4 N–H and O–H groups in total. The molecule has 2 fully saturated rings. The minimum atomic E-state index is -0.757. The van der Waals surface area contributed by atoms with Crippen molar-refractivity contribution in [2.24, 2.45) is 11.8 Å². The predicted octanol–water partition coefficient (Wildman–Crippen LogP) is 3.98. The van der Waals surface area contributed by atoms with E-state index in [1.54, 1.807) is 26.2 Å². The van der Waals surface area contributed by atoms with Gasteiger partial charge in [-0.2, -0.15) is 0 Å². The minimum Gasteiger partial charge on any atom is -0.390 e. The summed E-state index contributed by atoms with van der Waals surface area (Å²) in [6.45, 7) is 5.19. The predicted molar refractivity (Wildman–Crippen MR) is 147 cm³/mol. The summed E-state index contributed by atoms with van der Waals surface area (Å²) in [7, 11) is 0. The number of benzene rings is 1. The molecule has 8 heteroatoms. The van der Waals surface area contributed by atoms with Crippen molar-refractivity contribution in [3.05, 3.63) is 59.9 Å². The van der Waals surface area contributed by atoms with E-state index in [4.69, 9.17) is 5.41 Å². The molecular weight excluding hydrogens is 466 g/mol. The zero-order chi connectivity index (χ0) is 26.4. The fourth-order valence-electron chi connectivity index (χ4n) is 4.75. The molecule has 8 nitrogen and oxygen atoms in total. The van der Waals surface area contributed by atoms with Crippen LogP contribution < -0.4 is 15.5 Å². The highest BCUT2D eigenvalue weighted by atomic mass is 16.3. The number of carbonyl (C=O) groups is 2. The van der Waals surface area contributed by atoms with Gasteiger partial charge in [0.15, 0.2) is 0 Å². The molecule has 196 valence electrons. The fraction of sp³-hybridized carbons (Fsp3) is 0.448. The summed E-state index contributed by atoms with van der Waals surface area (Å²) in [5.74, 6) is 1.15. The highest BCUT2D eigenvalue weighted by Crippen LogP contribution is 2.43. The second kappa shape index (κ2) is 11.7. The molecule has 0 radical (unpaired) electrons. The summed E-state index contributed by atoms with van der Waals surface area (Å²) in [5, 5.41) is 24.1. The van der Waals surface area contributed by atoms with Gasteiger partial charge in [-0.3, -0.25) is 4.79 Å². The van der Waals surface area contributed by atoms with Gasteiger partial charge >= 0.3 is 0 Å². The molecule has 1 aliphatic carbocycles. The molecule has 0 spiro atoms. The Morgan fingerprint density at radius 1 is 1.27 bits per heavy atom. The molecule has 2 aromatic rings. The van der Waals surface area contributed by atoms with E-state index in [1.165, 1.54) is 6.21 Å². The van der Waals surface area contributed by atoms with Crippen molar-refractivity contribution in [1.82, 2.24) is 10.3 Å². The van der Waals surface area contributed by atoms with Gasteiger partial charge in [0.1, 0.15) is 12.1 Å². The lowest BCUT2D eigenvalue weighted by molar-refractivity contribution is -0.120. The van der Waals surface area contributed by atoms with Gasteiger partial charge in [0.2, 0.25) is 5.91 Å². The number of nitrogens with one attached hydrogen (secondary N) is 3. The smallest absolute Gasteiger partial charge is 0.230 e. The van der Waals surface area contributed by atoms with Crippen molar-refractivity contribution in [2.45, 2.75) is 51.0 Å². The SMILES string of the molecule is CC(C)(O)CCN/C=C(\C=N)c1cccc(C(C=O)CNc2cc(N3CC[C@@H](C4CC4)C3=O)ccn2)c1. The van der Waals surface area contributed by atoms with E-state index in [2.05, 4.69) is 15.6 Å². The highest BCUT2D eigenvalue weighted by Gasteiger charge is 2.42. The van der Waals surface area contributed by atoms with Crippen LogP contribution >= 0.6 is 0 Å². The van der Waals surface area contributed by atoms with E-state index in [-0.39, 0.29) is 11.8 Å². The van der Waals surface area contributed by atoms with Gasteiger partial charge in [0.25, 0.3) is 0 Å². The maximum atomic E-state index is 12.8. The molecule has 1 unspecified atom stereocenters. The fourth-order valence-corrected chi connectivity index (χ4v) is 4.75. The van der Waals surface area contributed by atoms with Gasteiger partial charge in [0.05, 0.1) is 11.5 Å². The Labute approximate surface area is 218 Å². The normalized spacial score (nSPS) is 19.0. The monoisotopic (exact) mass is 503 g/mol. The number of hydrogen-bond acceptors (Lipinski definition) is 7. The summed E-state index contributed by atoms with van der Waals surface area (Å²) >= 11 is 0. The van der Waals surface area contributed by atoms with Crippen molar-refractivity contribution in [3.8, 4) is 0 Å². The average Bonchev–Trinajstić information content (AvgIpc) is 3.65. The lowest BCUT2D eigenvalue weighted by Crippen LogP contribution is -2.27. The third kappa shape index (κ3) is 7.04. The van der Waals surface area contributed by atoms with E-state index >= 15 is 0 Å². The largest absolute Gasteiger partial charge is 0.390 e. The Bertz CT molecular complexity index is 1150. The number of aldehydes is 1. The van der Waals surface area contributed by atoms with Gasteiger partial charge in [-0.05, 0) is 62.6 Å². The number of aliphatic hydroxyl groups is 1. The van der Waals surface area contributed by atoms with Crippen molar-refractivity contribution in [2.75, 3.05) is 29.9 Å². The van der Waals surface area contributed by atoms with E-state index < -0.39 is 11.5 Å². The topological polar surface area (TPSA) is 118 Å². The molecule has 1 aromatic heterocycles. The van der Waals surface area contributed by atoms with E-state index in [0.29, 0.717) is 36.8 Å². The lowest BCUT2D eigenvalue weighted by atomic mass is 9.96. The molecule has 2 aliphatic rings. The summed E-state index contributed by atoms with van der Waals surface area (Å²) in [4.78, 5) is 31.1. The molecule has 1 saturated heterocycles. The molecule has 1 aromatic carbocycles. The summed E-state index contributed by atoms with van der Waals surface area (Å²) in [6, 6.07) is 11.3. The van der Waals surface area contributed by atoms with Crippen LogP contribution in [0.25, 0.3) is 5.57 Å². The zero-order valence-electron chi connectivity index (χ0n) is 21.6. The first-order valence-corrected chi connectivity index (χ1v) is 13.0. The molecular formula is C29H37N5O3. The number of hydrogen-bond donors (Lipinski definition) is 4. The van der Waals surface area contributed by atoms with Gasteiger partial charge < -0.3 is 30.8 Å². The maximum absolute atomic E-state index is 12.8. The summed E-state index contributed by atoms with van der Waals surface area (Å²) in [5.41, 5.74) is 2.43. The molecule has 2 atom stereocenters. The highest BCUT2D eigenvalue weighted by molar-refractivity contribution is 6.08. The third-order valence-corrected chi connectivity index (χ3v) is 7.10. The Hall–Kier alpha value is -3.52. The van der Waals surface area contributed by atoms with Crippen LogP contribution in [0.5, 0.6) is 0 Å². The number of rotatable bonds is 13. The standard InChI is InChI=1S/C29H37N5O3/c1-29(2,37)10-12-31-17-23(16-30)21-4-3-5-22(14-21)24(19-35)18-33-27-15-25(8-11-32-27)34-13-9-26(28(34)36)20-6-7-20/h3-5,8,11,14-17,19-20,24,26,30-31,37H,6-7,9-10,12-13,18H2,1-2H3,(H,32,33)/b23-17+,30-16?/t24?,26-/m0/s1. The maximum Gasteiger partial charge on any atom is 0.230 e.